The summed E-state index contributed by atoms with van der Waals surface area (Å²) in [6.07, 6.45) is 0.673. The largest absolute Gasteiger partial charge is 0.508 e. The minimum absolute atomic E-state index is 0.0349. The number of hydrogen-bond donors (Lipinski definition) is 3. The van der Waals surface area contributed by atoms with Gasteiger partial charge in [0.15, 0.2) is 0 Å². The lowest BCUT2D eigenvalue weighted by Gasteiger charge is -2.20. The molecule has 1 fully saturated rings. The van der Waals surface area contributed by atoms with E-state index in [4.69, 9.17) is 4.74 Å². The smallest absolute Gasteiger partial charge is 0.119 e. The monoisotopic (exact) mass is 418 g/mol. The molecule has 0 unspecified atom stereocenters. The fourth-order valence-corrected chi connectivity index (χ4v) is 4.63. The second-order valence-electron chi connectivity index (χ2n) is 8.88. The van der Waals surface area contributed by atoms with E-state index in [1.54, 1.807) is 30.3 Å². The van der Waals surface area contributed by atoms with Gasteiger partial charge in [-0.15, -0.1) is 0 Å². The summed E-state index contributed by atoms with van der Waals surface area (Å²) < 4.78 is 6.51. The fraction of sp³-hybridized carbons (Fsp3) is 0.333. The van der Waals surface area contributed by atoms with Crippen molar-refractivity contribution < 1.29 is 20.1 Å². The maximum atomic E-state index is 10.5. The molecule has 3 aromatic carbocycles. The molecule has 5 atom stereocenters. The van der Waals surface area contributed by atoms with Crippen molar-refractivity contribution in [3.63, 3.8) is 0 Å². The van der Waals surface area contributed by atoms with Crippen LogP contribution < -0.4 is 0 Å². The van der Waals surface area contributed by atoms with Crippen molar-refractivity contribution in [1.82, 2.24) is 0 Å². The van der Waals surface area contributed by atoms with E-state index in [1.165, 1.54) is 0 Å². The molecule has 0 saturated carbocycles. The number of hydrogen-bond acceptors (Lipinski definition) is 4. The first-order chi connectivity index (χ1) is 14.8. The Morgan fingerprint density at radius 3 is 1.87 bits per heavy atom. The average Bonchev–Trinajstić information content (AvgIpc) is 3.05. The van der Waals surface area contributed by atoms with Crippen molar-refractivity contribution >= 4 is 0 Å². The van der Waals surface area contributed by atoms with Crippen LogP contribution in [0.25, 0.3) is 0 Å². The van der Waals surface area contributed by atoms with Gasteiger partial charge in [0.25, 0.3) is 0 Å². The van der Waals surface area contributed by atoms with Crippen LogP contribution in [0.3, 0.4) is 0 Å². The molecule has 162 valence electrons. The van der Waals surface area contributed by atoms with Gasteiger partial charge in [-0.2, -0.15) is 0 Å². The lowest BCUT2D eigenvalue weighted by molar-refractivity contribution is 0.0289. The van der Waals surface area contributed by atoms with E-state index in [0.717, 1.165) is 28.7 Å². The topological polar surface area (TPSA) is 69.9 Å². The Kier molecular flexibility index (Phi) is 5.92. The zero-order chi connectivity index (χ0) is 22.1. The second kappa shape index (κ2) is 8.64. The Labute approximate surface area is 183 Å². The SMILES string of the molecule is C[C@@H]1[C@H](C)[C@H](c2ccc(O)c([C@H](C)Cc3ccc(O)cc3)c2)O[C@@H]1c1ccc(O)cc1. The van der Waals surface area contributed by atoms with Crippen molar-refractivity contribution in [3.8, 4) is 17.2 Å². The van der Waals surface area contributed by atoms with Crippen LogP contribution in [0.1, 0.15) is 61.2 Å². The molecule has 4 nitrogen and oxygen atoms in total. The Bertz CT molecular complexity index is 1030. The number of phenols is 3. The minimum Gasteiger partial charge on any atom is -0.508 e. The molecule has 0 aliphatic carbocycles. The van der Waals surface area contributed by atoms with E-state index in [0.29, 0.717) is 17.6 Å². The fourth-order valence-electron chi connectivity index (χ4n) is 4.63. The molecule has 1 aliphatic rings. The normalized spacial score (nSPS) is 24.2. The molecule has 4 rings (SSSR count). The molecule has 31 heavy (non-hydrogen) atoms. The Balaban J connectivity index is 1.57. The molecule has 3 aromatic rings. The van der Waals surface area contributed by atoms with Gasteiger partial charge in [-0.25, -0.2) is 0 Å². The summed E-state index contributed by atoms with van der Waals surface area (Å²) in [6.45, 7) is 6.52. The molecule has 0 amide bonds. The third-order valence-electron chi connectivity index (χ3n) is 6.69. The van der Waals surface area contributed by atoms with Gasteiger partial charge in [-0.1, -0.05) is 51.1 Å². The highest BCUT2D eigenvalue weighted by Gasteiger charge is 2.40. The molecule has 0 bridgehead atoms. The summed E-state index contributed by atoms with van der Waals surface area (Å²) in [4.78, 5) is 0. The lowest BCUT2D eigenvalue weighted by Crippen LogP contribution is -2.10. The van der Waals surface area contributed by atoms with E-state index in [-0.39, 0.29) is 29.6 Å². The number of ether oxygens (including phenoxy) is 1. The van der Waals surface area contributed by atoms with E-state index in [9.17, 15) is 15.3 Å². The van der Waals surface area contributed by atoms with E-state index in [2.05, 4.69) is 26.8 Å². The second-order valence-corrected chi connectivity index (χ2v) is 8.88. The van der Waals surface area contributed by atoms with Gasteiger partial charge in [0, 0.05) is 0 Å². The highest BCUT2D eigenvalue weighted by Crippen LogP contribution is 2.49. The van der Waals surface area contributed by atoms with Crippen molar-refractivity contribution in [2.24, 2.45) is 11.8 Å². The van der Waals surface area contributed by atoms with Crippen LogP contribution in [-0.2, 0) is 11.2 Å². The van der Waals surface area contributed by atoms with Gasteiger partial charge < -0.3 is 20.1 Å². The average molecular weight is 419 g/mol. The number of benzene rings is 3. The third kappa shape index (κ3) is 4.40. The summed E-state index contributed by atoms with van der Waals surface area (Å²) in [6, 6.07) is 20.3. The predicted molar refractivity (Wildman–Crippen MR) is 121 cm³/mol. The van der Waals surface area contributed by atoms with Crippen molar-refractivity contribution in [1.29, 1.82) is 0 Å². The van der Waals surface area contributed by atoms with Crippen molar-refractivity contribution in [2.75, 3.05) is 0 Å². The Morgan fingerprint density at radius 2 is 1.26 bits per heavy atom. The van der Waals surface area contributed by atoms with E-state index < -0.39 is 0 Å². The molecule has 0 radical (unpaired) electrons. The first-order valence-electron chi connectivity index (χ1n) is 10.9. The van der Waals surface area contributed by atoms with Gasteiger partial charge >= 0.3 is 0 Å². The number of phenolic OH excluding ortho intramolecular Hbond substituents is 3. The highest BCUT2D eigenvalue weighted by atomic mass is 16.5. The van der Waals surface area contributed by atoms with Crippen LogP contribution >= 0.6 is 0 Å². The number of aromatic hydroxyl groups is 3. The molecule has 0 aromatic heterocycles. The lowest BCUT2D eigenvalue weighted by atomic mass is 9.84. The van der Waals surface area contributed by atoms with E-state index in [1.807, 2.05) is 30.3 Å². The first kappa shape index (κ1) is 21.3. The highest BCUT2D eigenvalue weighted by molar-refractivity contribution is 5.41. The Morgan fingerprint density at radius 1 is 0.742 bits per heavy atom. The summed E-state index contributed by atoms with van der Waals surface area (Å²) in [5, 5.41) is 29.6. The van der Waals surface area contributed by atoms with Gasteiger partial charge in [-0.3, -0.25) is 0 Å². The molecule has 1 heterocycles. The summed E-state index contributed by atoms with van der Waals surface area (Å²) in [7, 11) is 0. The zero-order valence-electron chi connectivity index (χ0n) is 18.2. The van der Waals surface area contributed by atoms with Gasteiger partial charge in [0.1, 0.15) is 17.2 Å². The van der Waals surface area contributed by atoms with Crippen LogP contribution in [0, 0.1) is 11.8 Å². The predicted octanol–water partition coefficient (Wildman–Crippen LogP) is 6.23. The van der Waals surface area contributed by atoms with Crippen LogP contribution in [-0.4, -0.2) is 15.3 Å². The summed E-state index contributed by atoms with van der Waals surface area (Å²) >= 11 is 0. The Hall–Kier alpha value is -2.98. The first-order valence-corrected chi connectivity index (χ1v) is 10.9. The molecular weight excluding hydrogens is 388 g/mol. The number of rotatable bonds is 5. The molecule has 1 aliphatic heterocycles. The van der Waals surface area contributed by atoms with Crippen molar-refractivity contribution in [2.45, 2.75) is 45.3 Å². The molecular formula is C27H30O4. The van der Waals surface area contributed by atoms with E-state index >= 15 is 0 Å². The van der Waals surface area contributed by atoms with Gasteiger partial charge in [0.05, 0.1) is 12.2 Å². The van der Waals surface area contributed by atoms with Crippen LogP contribution in [0.2, 0.25) is 0 Å². The molecule has 1 saturated heterocycles. The summed E-state index contributed by atoms with van der Waals surface area (Å²) in [5.74, 6) is 1.55. The quantitative estimate of drug-likeness (QED) is 0.459. The minimum atomic E-state index is -0.0611. The zero-order valence-corrected chi connectivity index (χ0v) is 18.2. The standard InChI is InChI=1S/C27H30O4/c1-16(14-19-4-9-22(28)10-5-19)24-15-21(8-13-25(24)30)27-18(3)17(2)26(31-27)20-6-11-23(29)12-7-20/h4-13,15-18,26-30H,14H2,1-3H3/t16-,17-,18+,26+,27-/m1/s1. The maximum absolute atomic E-state index is 10.5. The van der Waals surface area contributed by atoms with Crippen molar-refractivity contribution in [3.05, 3.63) is 89.0 Å². The van der Waals surface area contributed by atoms with Gasteiger partial charge in [-0.05, 0) is 82.8 Å². The summed E-state index contributed by atoms with van der Waals surface area (Å²) in [5.41, 5.74) is 4.16. The van der Waals surface area contributed by atoms with Crippen LogP contribution in [0.4, 0.5) is 0 Å². The maximum Gasteiger partial charge on any atom is 0.119 e. The van der Waals surface area contributed by atoms with Gasteiger partial charge in [0.2, 0.25) is 0 Å². The van der Waals surface area contributed by atoms with Crippen LogP contribution in [0.5, 0.6) is 17.2 Å². The van der Waals surface area contributed by atoms with Crippen LogP contribution in [0.15, 0.2) is 66.7 Å². The third-order valence-corrected chi connectivity index (χ3v) is 6.69. The molecule has 3 N–H and O–H groups in total. The molecule has 0 spiro atoms. The molecule has 4 heteroatoms.